The molecule has 0 spiro atoms. The SMILES string of the molecule is CCNC(=O)c1cccc(N=[N+]=[N-])c1C. The lowest BCUT2D eigenvalue weighted by Gasteiger charge is -2.07. The van der Waals surface area contributed by atoms with Gasteiger partial charge < -0.3 is 5.32 Å². The highest BCUT2D eigenvalue weighted by molar-refractivity contribution is 5.96. The van der Waals surface area contributed by atoms with E-state index in [-0.39, 0.29) is 5.91 Å². The predicted octanol–water partition coefficient (Wildman–Crippen LogP) is 2.69. The Balaban J connectivity index is 3.14. The Kier molecular flexibility index (Phi) is 3.71. The van der Waals surface area contributed by atoms with E-state index in [0.29, 0.717) is 23.4 Å². The smallest absolute Gasteiger partial charge is 0.251 e. The van der Waals surface area contributed by atoms with E-state index in [9.17, 15) is 4.79 Å². The Bertz CT molecular complexity index is 421. The molecule has 0 bridgehead atoms. The van der Waals surface area contributed by atoms with Crippen LogP contribution in [0.5, 0.6) is 0 Å². The van der Waals surface area contributed by atoms with Crippen LogP contribution in [0.2, 0.25) is 0 Å². The molecule has 0 heterocycles. The van der Waals surface area contributed by atoms with Crippen molar-refractivity contribution in [2.45, 2.75) is 13.8 Å². The first-order valence-electron chi connectivity index (χ1n) is 4.63. The molecule has 78 valence electrons. The summed E-state index contributed by atoms with van der Waals surface area (Å²) in [6, 6.07) is 5.08. The van der Waals surface area contributed by atoms with Gasteiger partial charge in [0.15, 0.2) is 0 Å². The molecule has 0 atom stereocenters. The van der Waals surface area contributed by atoms with Gasteiger partial charge in [0.1, 0.15) is 0 Å². The van der Waals surface area contributed by atoms with Gasteiger partial charge in [-0.05, 0) is 31.0 Å². The molecule has 1 amide bonds. The van der Waals surface area contributed by atoms with E-state index in [1.807, 2.05) is 6.92 Å². The number of amides is 1. The summed E-state index contributed by atoms with van der Waals surface area (Å²) in [6.07, 6.45) is 0. The minimum atomic E-state index is -0.148. The molecule has 0 saturated heterocycles. The van der Waals surface area contributed by atoms with Crippen LogP contribution in [0, 0.1) is 6.92 Å². The Morgan fingerprint density at radius 2 is 2.33 bits per heavy atom. The topological polar surface area (TPSA) is 77.9 Å². The Morgan fingerprint density at radius 3 is 2.93 bits per heavy atom. The molecule has 5 heteroatoms. The molecule has 0 unspecified atom stereocenters. The molecule has 0 aliphatic heterocycles. The third kappa shape index (κ3) is 2.48. The molecule has 0 aliphatic rings. The standard InChI is InChI=1S/C10H12N4O/c1-3-12-10(15)8-5-4-6-9(7(8)2)13-14-11/h4-6H,3H2,1-2H3,(H,12,15). The number of nitrogens with one attached hydrogen (secondary N) is 1. The maximum Gasteiger partial charge on any atom is 0.251 e. The van der Waals surface area contributed by atoms with Gasteiger partial charge in [0.25, 0.3) is 5.91 Å². The van der Waals surface area contributed by atoms with E-state index in [0.717, 1.165) is 0 Å². The number of carbonyl (C=O) groups excluding carboxylic acids is 1. The molecular formula is C10H12N4O. The van der Waals surface area contributed by atoms with Gasteiger partial charge in [0.05, 0.1) is 0 Å². The molecule has 1 rings (SSSR count). The zero-order chi connectivity index (χ0) is 11.3. The molecule has 0 aliphatic carbocycles. The van der Waals surface area contributed by atoms with E-state index < -0.39 is 0 Å². The summed E-state index contributed by atoms with van der Waals surface area (Å²) in [5.41, 5.74) is 10.1. The number of carbonyl (C=O) groups is 1. The van der Waals surface area contributed by atoms with Gasteiger partial charge in [-0.25, -0.2) is 0 Å². The second-order valence-corrected chi connectivity index (χ2v) is 3.00. The van der Waals surface area contributed by atoms with Crippen molar-refractivity contribution in [2.24, 2.45) is 5.11 Å². The zero-order valence-corrected chi connectivity index (χ0v) is 8.69. The van der Waals surface area contributed by atoms with Crippen LogP contribution in [0.4, 0.5) is 5.69 Å². The van der Waals surface area contributed by atoms with E-state index in [1.165, 1.54) is 0 Å². The fourth-order valence-corrected chi connectivity index (χ4v) is 1.28. The average molecular weight is 204 g/mol. The van der Waals surface area contributed by atoms with Crippen molar-refractivity contribution in [3.63, 3.8) is 0 Å². The van der Waals surface area contributed by atoms with Crippen molar-refractivity contribution >= 4 is 11.6 Å². The third-order valence-electron chi connectivity index (χ3n) is 2.04. The largest absolute Gasteiger partial charge is 0.352 e. The van der Waals surface area contributed by atoms with Crippen molar-refractivity contribution in [1.29, 1.82) is 0 Å². The summed E-state index contributed by atoms with van der Waals surface area (Å²) in [6.45, 7) is 4.18. The van der Waals surface area contributed by atoms with Crippen LogP contribution in [0.1, 0.15) is 22.8 Å². The molecular weight excluding hydrogens is 192 g/mol. The maximum absolute atomic E-state index is 11.6. The van der Waals surface area contributed by atoms with Crippen LogP contribution >= 0.6 is 0 Å². The van der Waals surface area contributed by atoms with Crippen LogP contribution < -0.4 is 5.32 Å². The first kappa shape index (κ1) is 11.1. The Hall–Kier alpha value is -2.00. The van der Waals surface area contributed by atoms with Gasteiger partial charge >= 0.3 is 0 Å². The number of benzene rings is 1. The fraction of sp³-hybridized carbons (Fsp3) is 0.300. The molecule has 0 radical (unpaired) electrons. The van der Waals surface area contributed by atoms with Crippen molar-refractivity contribution in [3.05, 3.63) is 39.8 Å². The summed E-state index contributed by atoms with van der Waals surface area (Å²) < 4.78 is 0. The second kappa shape index (κ2) is 5.02. The summed E-state index contributed by atoms with van der Waals surface area (Å²) in [4.78, 5) is 14.3. The zero-order valence-electron chi connectivity index (χ0n) is 8.69. The van der Waals surface area contributed by atoms with E-state index in [4.69, 9.17) is 5.53 Å². The van der Waals surface area contributed by atoms with E-state index >= 15 is 0 Å². The number of nitrogens with zero attached hydrogens (tertiary/aromatic N) is 3. The highest BCUT2D eigenvalue weighted by Crippen LogP contribution is 2.21. The summed E-state index contributed by atoms with van der Waals surface area (Å²) in [7, 11) is 0. The molecule has 1 aromatic rings. The average Bonchev–Trinajstić information content (AvgIpc) is 2.22. The minimum absolute atomic E-state index is 0.148. The number of hydrogen-bond donors (Lipinski definition) is 1. The van der Waals surface area contributed by atoms with Gasteiger partial charge in [0.2, 0.25) is 0 Å². The lowest BCUT2D eigenvalue weighted by atomic mass is 10.1. The van der Waals surface area contributed by atoms with Crippen LogP contribution in [0.3, 0.4) is 0 Å². The fourth-order valence-electron chi connectivity index (χ4n) is 1.28. The van der Waals surface area contributed by atoms with Gasteiger partial charge in [-0.15, -0.1) is 0 Å². The van der Waals surface area contributed by atoms with Crippen LogP contribution in [0.15, 0.2) is 23.3 Å². The van der Waals surface area contributed by atoms with Crippen LogP contribution in [-0.4, -0.2) is 12.5 Å². The quantitative estimate of drug-likeness (QED) is 0.458. The summed E-state index contributed by atoms with van der Waals surface area (Å²) in [5, 5.41) is 6.21. The predicted molar refractivity (Wildman–Crippen MR) is 58.0 cm³/mol. The molecule has 15 heavy (non-hydrogen) atoms. The lowest BCUT2D eigenvalue weighted by molar-refractivity contribution is 0.0955. The maximum atomic E-state index is 11.6. The first-order valence-corrected chi connectivity index (χ1v) is 4.63. The van der Waals surface area contributed by atoms with E-state index in [2.05, 4.69) is 15.3 Å². The number of azide groups is 1. The van der Waals surface area contributed by atoms with Crippen molar-refractivity contribution in [3.8, 4) is 0 Å². The number of rotatable bonds is 3. The van der Waals surface area contributed by atoms with E-state index in [1.54, 1.807) is 25.1 Å². The normalized spacial score (nSPS) is 9.20. The molecule has 0 aromatic heterocycles. The number of hydrogen-bond acceptors (Lipinski definition) is 2. The highest BCUT2D eigenvalue weighted by Gasteiger charge is 2.09. The summed E-state index contributed by atoms with van der Waals surface area (Å²) >= 11 is 0. The van der Waals surface area contributed by atoms with Gasteiger partial charge in [0, 0.05) is 22.7 Å². The molecule has 0 fully saturated rings. The molecule has 0 saturated carbocycles. The molecule has 5 nitrogen and oxygen atoms in total. The third-order valence-corrected chi connectivity index (χ3v) is 2.04. The Morgan fingerprint density at radius 1 is 1.60 bits per heavy atom. The first-order chi connectivity index (χ1) is 7.20. The van der Waals surface area contributed by atoms with Crippen molar-refractivity contribution < 1.29 is 4.79 Å². The van der Waals surface area contributed by atoms with Gasteiger partial charge in [-0.1, -0.05) is 17.2 Å². The lowest BCUT2D eigenvalue weighted by Crippen LogP contribution is -2.23. The molecule has 1 N–H and O–H groups in total. The summed E-state index contributed by atoms with van der Waals surface area (Å²) in [5.74, 6) is -0.148. The van der Waals surface area contributed by atoms with Gasteiger partial charge in [-0.3, -0.25) is 4.79 Å². The monoisotopic (exact) mass is 204 g/mol. The minimum Gasteiger partial charge on any atom is -0.352 e. The van der Waals surface area contributed by atoms with Crippen LogP contribution in [0.25, 0.3) is 10.4 Å². The van der Waals surface area contributed by atoms with Crippen molar-refractivity contribution in [2.75, 3.05) is 6.54 Å². The van der Waals surface area contributed by atoms with Crippen molar-refractivity contribution in [1.82, 2.24) is 5.32 Å². The molecule has 1 aromatic carbocycles. The second-order valence-electron chi connectivity index (χ2n) is 3.00. The van der Waals surface area contributed by atoms with Crippen LogP contribution in [-0.2, 0) is 0 Å². The Labute approximate surface area is 87.7 Å². The highest BCUT2D eigenvalue weighted by atomic mass is 16.1. The van der Waals surface area contributed by atoms with Gasteiger partial charge in [-0.2, -0.15) is 0 Å².